The fourth-order valence-electron chi connectivity index (χ4n) is 3.53. The number of aryl methyl sites for hydroxylation is 1. The van der Waals surface area contributed by atoms with Gasteiger partial charge < -0.3 is 5.11 Å². The first-order chi connectivity index (χ1) is 17.2. The van der Waals surface area contributed by atoms with E-state index >= 15 is 0 Å². The highest BCUT2D eigenvalue weighted by Crippen LogP contribution is 2.30. The molecule has 0 radical (unpaired) electrons. The van der Waals surface area contributed by atoms with Crippen LogP contribution in [-0.2, 0) is 10.2 Å². The zero-order chi connectivity index (χ0) is 25.7. The van der Waals surface area contributed by atoms with Gasteiger partial charge in [0.25, 0.3) is 5.91 Å². The zero-order valence-corrected chi connectivity index (χ0v) is 21.6. The lowest BCUT2D eigenvalue weighted by molar-refractivity contribution is -0.118. The van der Waals surface area contributed by atoms with Crippen LogP contribution in [0.4, 0.5) is 0 Å². The fraction of sp³-hybridized carbons (Fsp3) is 0.214. The average Bonchev–Trinajstić information content (AvgIpc) is 3.28. The Morgan fingerprint density at radius 1 is 1.03 bits per heavy atom. The average molecular weight is 500 g/mol. The van der Waals surface area contributed by atoms with E-state index in [2.05, 4.69) is 65.8 Å². The molecule has 7 nitrogen and oxygen atoms in total. The summed E-state index contributed by atoms with van der Waals surface area (Å²) in [7, 11) is 0. The summed E-state index contributed by atoms with van der Waals surface area (Å²) in [5, 5.41) is 23.2. The maximum Gasteiger partial charge on any atom is 0.250 e. The van der Waals surface area contributed by atoms with Crippen LogP contribution < -0.4 is 5.43 Å². The molecule has 0 aliphatic rings. The number of carbonyl (C=O) groups excluding carboxylic acids is 1. The molecule has 0 fully saturated rings. The molecule has 0 spiro atoms. The Hall–Kier alpha value is -3.91. The van der Waals surface area contributed by atoms with E-state index in [1.165, 1.54) is 23.5 Å². The zero-order valence-electron chi connectivity index (χ0n) is 20.8. The number of aromatic nitrogens is 3. The van der Waals surface area contributed by atoms with Crippen molar-refractivity contribution in [2.75, 3.05) is 5.75 Å². The predicted molar refractivity (Wildman–Crippen MR) is 145 cm³/mol. The molecule has 0 aliphatic carbocycles. The van der Waals surface area contributed by atoms with E-state index in [9.17, 15) is 9.90 Å². The molecule has 2 N–H and O–H groups in total. The van der Waals surface area contributed by atoms with Crippen LogP contribution in [0.3, 0.4) is 0 Å². The molecule has 0 saturated carbocycles. The normalized spacial score (nSPS) is 11.7. The Morgan fingerprint density at radius 3 is 2.39 bits per heavy atom. The van der Waals surface area contributed by atoms with Crippen molar-refractivity contribution < 1.29 is 9.90 Å². The van der Waals surface area contributed by atoms with Gasteiger partial charge in [-0.05, 0) is 42.2 Å². The number of aromatic hydroxyl groups is 1. The molecule has 1 aromatic heterocycles. The predicted octanol–water partition coefficient (Wildman–Crippen LogP) is 5.49. The highest BCUT2D eigenvalue weighted by molar-refractivity contribution is 7.99. The first kappa shape index (κ1) is 25.2. The number of benzene rings is 3. The first-order valence-electron chi connectivity index (χ1n) is 11.6. The summed E-state index contributed by atoms with van der Waals surface area (Å²) in [5.41, 5.74) is 7.32. The second kappa shape index (κ2) is 10.8. The Labute approximate surface area is 215 Å². The van der Waals surface area contributed by atoms with Gasteiger partial charge in [0.15, 0.2) is 11.0 Å². The molecule has 0 saturated heterocycles. The van der Waals surface area contributed by atoms with Crippen molar-refractivity contribution in [3.8, 4) is 22.8 Å². The molecule has 8 heteroatoms. The van der Waals surface area contributed by atoms with Gasteiger partial charge in [0.05, 0.1) is 12.0 Å². The lowest BCUT2D eigenvalue weighted by Crippen LogP contribution is -2.20. The van der Waals surface area contributed by atoms with Crippen molar-refractivity contribution in [1.29, 1.82) is 0 Å². The summed E-state index contributed by atoms with van der Waals surface area (Å²) in [4.78, 5) is 12.4. The van der Waals surface area contributed by atoms with Crippen molar-refractivity contribution in [2.45, 2.75) is 38.3 Å². The van der Waals surface area contributed by atoms with Crippen LogP contribution in [0.1, 0.15) is 37.5 Å². The van der Waals surface area contributed by atoms with Gasteiger partial charge >= 0.3 is 0 Å². The first-order valence-corrected chi connectivity index (χ1v) is 12.6. The molecule has 36 heavy (non-hydrogen) atoms. The van der Waals surface area contributed by atoms with Gasteiger partial charge in [0.2, 0.25) is 0 Å². The summed E-state index contributed by atoms with van der Waals surface area (Å²) in [6.07, 6.45) is 1.41. The van der Waals surface area contributed by atoms with Crippen LogP contribution in [0.5, 0.6) is 5.75 Å². The fourth-order valence-corrected chi connectivity index (χ4v) is 4.27. The minimum Gasteiger partial charge on any atom is -0.507 e. The minimum absolute atomic E-state index is 0.0548. The number of hydrazone groups is 1. The molecule has 4 aromatic rings. The van der Waals surface area contributed by atoms with Crippen LogP contribution in [0.15, 0.2) is 83.1 Å². The summed E-state index contributed by atoms with van der Waals surface area (Å²) >= 11 is 1.28. The molecule has 0 bridgehead atoms. The highest BCUT2D eigenvalue weighted by atomic mass is 32.2. The maximum atomic E-state index is 12.4. The Bertz CT molecular complexity index is 1370. The number of phenols is 1. The molecule has 3 aromatic carbocycles. The lowest BCUT2D eigenvalue weighted by Gasteiger charge is -2.19. The SMILES string of the molecule is Cc1ccc(-n2c(SCC(=O)N/N=C/c3ccccc3O)nnc2-c2ccc(C(C)(C)C)cc2)cc1. The van der Waals surface area contributed by atoms with E-state index in [4.69, 9.17) is 0 Å². The summed E-state index contributed by atoms with van der Waals surface area (Å²) < 4.78 is 1.97. The van der Waals surface area contributed by atoms with Crippen LogP contribution in [0.25, 0.3) is 17.1 Å². The van der Waals surface area contributed by atoms with Gasteiger partial charge in [0, 0.05) is 16.8 Å². The molecule has 0 aliphatic heterocycles. The number of carbonyl (C=O) groups is 1. The third-order valence-electron chi connectivity index (χ3n) is 5.60. The van der Waals surface area contributed by atoms with Gasteiger partial charge in [-0.1, -0.05) is 86.6 Å². The monoisotopic (exact) mass is 499 g/mol. The lowest BCUT2D eigenvalue weighted by atomic mass is 9.87. The number of rotatable bonds is 7. The van der Waals surface area contributed by atoms with Crippen molar-refractivity contribution in [3.05, 3.63) is 89.5 Å². The van der Waals surface area contributed by atoms with Crippen LogP contribution in [-0.4, -0.2) is 37.7 Å². The number of hydrogen-bond acceptors (Lipinski definition) is 6. The van der Waals surface area contributed by atoms with E-state index in [1.807, 2.05) is 35.8 Å². The molecule has 4 rings (SSSR count). The van der Waals surface area contributed by atoms with Gasteiger partial charge in [-0.25, -0.2) is 5.43 Å². The van der Waals surface area contributed by atoms with Crippen LogP contribution in [0.2, 0.25) is 0 Å². The van der Waals surface area contributed by atoms with Gasteiger partial charge in [-0.3, -0.25) is 9.36 Å². The third-order valence-corrected chi connectivity index (χ3v) is 6.53. The molecular weight excluding hydrogens is 470 g/mol. The molecule has 0 unspecified atom stereocenters. The highest BCUT2D eigenvalue weighted by Gasteiger charge is 2.19. The summed E-state index contributed by atoms with van der Waals surface area (Å²) in [6, 6.07) is 23.2. The third kappa shape index (κ3) is 6.01. The second-order valence-electron chi connectivity index (χ2n) is 9.45. The molecule has 1 heterocycles. The Balaban J connectivity index is 1.55. The number of thioether (sulfide) groups is 1. The van der Waals surface area contributed by atoms with Crippen LogP contribution >= 0.6 is 11.8 Å². The summed E-state index contributed by atoms with van der Waals surface area (Å²) in [5.74, 6) is 0.616. The van der Waals surface area contributed by atoms with E-state index in [0.717, 1.165) is 16.8 Å². The summed E-state index contributed by atoms with van der Waals surface area (Å²) in [6.45, 7) is 8.59. The van der Waals surface area contributed by atoms with E-state index in [-0.39, 0.29) is 22.8 Å². The van der Waals surface area contributed by atoms with Gasteiger partial charge in [-0.2, -0.15) is 5.10 Å². The minimum atomic E-state index is -0.291. The van der Waals surface area contributed by atoms with Crippen molar-refractivity contribution in [3.63, 3.8) is 0 Å². The van der Waals surface area contributed by atoms with Crippen molar-refractivity contribution in [2.24, 2.45) is 5.10 Å². The molecule has 0 atom stereocenters. The van der Waals surface area contributed by atoms with E-state index in [1.54, 1.807) is 24.3 Å². The van der Waals surface area contributed by atoms with Gasteiger partial charge in [-0.15, -0.1) is 10.2 Å². The Kier molecular flexibility index (Phi) is 7.55. The number of amides is 1. The molecule has 184 valence electrons. The number of para-hydroxylation sites is 1. The number of nitrogens with zero attached hydrogens (tertiary/aromatic N) is 4. The topological polar surface area (TPSA) is 92.4 Å². The molecule has 1 amide bonds. The number of nitrogens with one attached hydrogen (secondary N) is 1. The smallest absolute Gasteiger partial charge is 0.250 e. The standard InChI is InChI=1S/C28H29N5O2S/c1-19-9-15-23(16-10-19)33-26(20-11-13-22(14-12-20)28(2,3)4)31-32-27(33)36-18-25(35)30-29-17-21-7-5-6-8-24(21)34/h5-17,34H,18H2,1-4H3,(H,30,35)/b29-17+. The number of hydrogen-bond donors (Lipinski definition) is 2. The number of phenolic OH excluding ortho intramolecular Hbond substituents is 1. The van der Waals surface area contributed by atoms with Gasteiger partial charge in [0.1, 0.15) is 5.75 Å². The molecular formula is C28H29N5O2S. The van der Waals surface area contributed by atoms with Crippen molar-refractivity contribution >= 4 is 23.9 Å². The second-order valence-corrected chi connectivity index (χ2v) is 10.4. The van der Waals surface area contributed by atoms with Crippen molar-refractivity contribution in [1.82, 2.24) is 20.2 Å². The maximum absolute atomic E-state index is 12.4. The van der Waals surface area contributed by atoms with E-state index < -0.39 is 0 Å². The quantitative estimate of drug-likeness (QED) is 0.199. The largest absolute Gasteiger partial charge is 0.507 e. The van der Waals surface area contributed by atoms with E-state index in [0.29, 0.717) is 16.5 Å². The Morgan fingerprint density at radius 2 is 1.72 bits per heavy atom. The van der Waals surface area contributed by atoms with Crippen LogP contribution in [0, 0.1) is 6.92 Å².